The highest BCUT2D eigenvalue weighted by molar-refractivity contribution is 5.95. The van der Waals surface area contributed by atoms with Gasteiger partial charge in [-0.05, 0) is 32.4 Å². The Morgan fingerprint density at radius 2 is 1.83 bits per heavy atom. The van der Waals surface area contributed by atoms with Crippen LogP contribution in [0, 0.1) is 13.8 Å². The van der Waals surface area contributed by atoms with Crippen LogP contribution in [0.3, 0.4) is 0 Å². The van der Waals surface area contributed by atoms with E-state index in [1.165, 1.54) is 0 Å². The maximum atomic E-state index is 12.7. The zero-order valence-electron chi connectivity index (χ0n) is 18.6. The highest BCUT2D eigenvalue weighted by Crippen LogP contribution is 2.31. The number of hydrogen-bond acceptors (Lipinski definition) is 6. The molecule has 3 heterocycles. The first-order valence-electron chi connectivity index (χ1n) is 10.9. The van der Waals surface area contributed by atoms with Crippen molar-refractivity contribution < 1.29 is 9.53 Å². The summed E-state index contributed by atoms with van der Waals surface area (Å²) >= 11 is 0. The van der Waals surface area contributed by atoms with Crippen molar-refractivity contribution in [2.24, 2.45) is 0 Å². The molecule has 30 heavy (non-hydrogen) atoms. The predicted molar refractivity (Wildman–Crippen MR) is 120 cm³/mol. The number of aromatic nitrogens is 2. The second-order valence-electron chi connectivity index (χ2n) is 7.40. The van der Waals surface area contributed by atoms with Gasteiger partial charge in [0.1, 0.15) is 17.4 Å². The lowest BCUT2D eigenvalue weighted by Gasteiger charge is -2.29. The molecule has 0 aliphatic carbocycles. The van der Waals surface area contributed by atoms with E-state index in [4.69, 9.17) is 4.74 Å². The number of hydrogen-bond donors (Lipinski definition) is 0. The van der Waals surface area contributed by atoms with Gasteiger partial charge in [-0.25, -0.2) is 9.97 Å². The third-order valence-electron chi connectivity index (χ3n) is 5.24. The molecule has 7 heteroatoms. The highest BCUT2D eigenvalue weighted by Gasteiger charge is 2.26. The molecule has 1 fully saturated rings. The van der Waals surface area contributed by atoms with Crippen LogP contribution in [-0.4, -0.2) is 60.2 Å². The number of carbonyl (C=O) groups is 1. The Morgan fingerprint density at radius 3 is 2.63 bits per heavy atom. The van der Waals surface area contributed by atoms with Crippen LogP contribution >= 0.6 is 0 Å². The lowest BCUT2D eigenvalue weighted by atomic mass is 10.2. The van der Waals surface area contributed by atoms with E-state index in [0.29, 0.717) is 19.7 Å². The molecule has 0 spiro atoms. The largest absolute Gasteiger partial charge is 0.491 e. The summed E-state index contributed by atoms with van der Waals surface area (Å²) in [6.45, 7) is 12.6. The average Bonchev–Trinajstić information content (AvgIpc) is 3.06. The van der Waals surface area contributed by atoms with Crippen molar-refractivity contribution in [1.29, 1.82) is 0 Å². The normalized spacial score (nSPS) is 17.3. The fourth-order valence-corrected chi connectivity index (χ4v) is 3.88. The van der Waals surface area contributed by atoms with E-state index in [9.17, 15) is 4.79 Å². The molecule has 2 aliphatic rings. The van der Waals surface area contributed by atoms with Gasteiger partial charge in [0.15, 0.2) is 0 Å². The average molecular weight is 412 g/mol. The summed E-state index contributed by atoms with van der Waals surface area (Å²) in [6.07, 6.45) is 1.44. The first-order chi connectivity index (χ1) is 14.6. The highest BCUT2D eigenvalue weighted by atomic mass is 16.5. The Kier molecular flexibility index (Phi) is 7.63. The lowest BCUT2D eigenvalue weighted by Crippen LogP contribution is -2.43. The Morgan fingerprint density at radius 1 is 1.03 bits per heavy atom. The Hall–Kier alpha value is -2.67. The van der Waals surface area contributed by atoms with Crippen LogP contribution < -0.4 is 14.5 Å². The van der Waals surface area contributed by atoms with Crippen LogP contribution in [0.4, 0.5) is 11.5 Å². The molecule has 2 aromatic rings. The van der Waals surface area contributed by atoms with Gasteiger partial charge in [0, 0.05) is 37.9 Å². The Labute approximate surface area is 179 Å². The van der Waals surface area contributed by atoms with Gasteiger partial charge in [-0.3, -0.25) is 14.6 Å². The van der Waals surface area contributed by atoms with Gasteiger partial charge in [0.2, 0.25) is 5.91 Å². The number of benzene rings is 1. The Bertz CT molecular complexity index is 837. The van der Waals surface area contributed by atoms with Gasteiger partial charge in [-0.1, -0.05) is 26.0 Å². The van der Waals surface area contributed by atoms with Gasteiger partial charge >= 0.3 is 0 Å². The van der Waals surface area contributed by atoms with Crippen molar-refractivity contribution in [2.45, 2.75) is 40.5 Å². The third kappa shape index (κ3) is 5.27. The number of amides is 1. The first kappa shape index (κ1) is 22.0. The summed E-state index contributed by atoms with van der Waals surface area (Å²) in [4.78, 5) is 28.2. The van der Waals surface area contributed by atoms with Crippen LogP contribution in [0.25, 0.3) is 0 Å². The van der Waals surface area contributed by atoms with E-state index in [-0.39, 0.29) is 5.91 Å². The molecule has 4 rings (SSSR count). The number of ether oxygens (including phenoxy) is 1. The zero-order chi connectivity index (χ0) is 21.5. The topological polar surface area (TPSA) is 61.8 Å². The number of fused-ring (bicyclic) bond motifs is 1. The molecule has 1 aromatic carbocycles. The fraction of sp³-hybridized carbons (Fsp3) is 0.522. The van der Waals surface area contributed by atoms with Crippen molar-refractivity contribution in [1.82, 2.24) is 14.9 Å². The number of carbonyl (C=O) groups excluding carboxylic acids is 1. The standard InChI is InChI=1S/C21H27N5O2.C2H6/c1-16-14-20(23-17(2)22-16)25-10-5-9-24(11-12-25)15-26-18-6-3-4-7-19(18)28-13-8-21(26)27;1-2/h3-4,6-7,14H,5,8-13,15H2,1-2H3;1-2H3. The van der Waals surface area contributed by atoms with Crippen LogP contribution in [0.5, 0.6) is 5.75 Å². The monoisotopic (exact) mass is 411 g/mol. The smallest absolute Gasteiger partial charge is 0.231 e. The molecule has 0 radical (unpaired) electrons. The number of rotatable bonds is 3. The summed E-state index contributed by atoms with van der Waals surface area (Å²) in [7, 11) is 0. The van der Waals surface area contributed by atoms with Crippen LogP contribution in [0.15, 0.2) is 30.3 Å². The van der Waals surface area contributed by atoms with Crippen molar-refractivity contribution in [3.8, 4) is 5.75 Å². The lowest BCUT2D eigenvalue weighted by molar-refractivity contribution is -0.119. The molecule has 0 saturated carbocycles. The van der Waals surface area contributed by atoms with E-state index < -0.39 is 0 Å². The third-order valence-corrected chi connectivity index (χ3v) is 5.24. The van der Waals surface area contributed by atoms with E-state index in [1.807, 2.05) is 56.9 Å². The molecule has 0 N–H and O–H groups in total. The predicted octanol–water partition coefficient (Wildman–Crippen LogP) is 3.40. The summed E-state index contributed by atoms with van der Waals surface area (Å²) < 4.78 is 5.76. The molecule has 2 aliphatic heterocycles. The van der Waals surface area contributed by atoms with Gasteiger partial charge in [0.25, 0.3) is 0 Å². The van der Waals surface area contributed by atoms with E-state index in [1.54, 1.807) is 0 Å². The SMILES string of the molecule is CC.Cc1cc(N2CCCN(CN3C(=O)CCOc4ccccc43)CC2)nc(C)n1. The number of nitrogens with zero attached hydrogens (tertiary/aromatic N) is 5. The summed E-state index contributed by atoms with van der Waals surface area (Å²) in [6, 6.07) is 9.86. The molecule has 1 saturated heterocycles. The second kappa shape index (κ2) is 10.4. The summed E-state index contributed by atoms with van der Waals surface area (Å²) in [5, 5.41) is 0. The molecular weight excluding hydrogens is 378 g/mol. The van der Waals surface area contributed by atoms with Crippen LogP contribution in [0.2, 0.25) is 0 Å². The maximum absolute atomic E-state index is 12.7. The first-order valence-corrected chi connectivity index (χ1v) is 10.9. The van der Waals surface area contributed by atoms with Gasteiger partial charge < -0.3 is 9.64 Å². The minimum absolute atomic E-state index is 0.119. The zero-order valence-corrected chi connectivity index (χ0v) is 18.6. The van der Waals surface area contributed by atoms with E-state index >= 15 is 0 Å². The summed E-state index contributed by atoms with van der Waals surface area (Å²) in [5.41, 5.74) is 1.86. The van der Waals surface area contributed by atoms with Crippen molar-refractivity contribution in [3.05, 3.63) is 41.9 Å². The molecule has 1 aromatic heterocycles. The molecule has 0 bridgehead atoms. The van der Waals surface area contributed by atoms with Crippen molar-refractivity contribution in [2.75, 3.05) is 49.3 Å². The van der Waals surface area contributed by atoms with Gasteiger partial charge in [-0.15, -0.1) is 0 Å². The Balaban J connectivity index is 0.00000124. The molecule has 0 atom stereocenters. The fourth-order valence-electron chi connectivity index (χ4n) is 3.88. The molecule has 1 amide bonds. The molecular formula is C23H33N5O2. The van der Waals surface area contributed by atoms with E-state index in [0.717, 1.165) is 61.4 Å². The molecule has 162 valence electrons. The van der Waals surface area contributed by atoms with Crippen molar-refractivity contribution in [3.63, 3.8) is 0 Å². The number of anilines is 2. The second-order valence-corrected chi connectivity index (χ2v) is 7.40. The minimum Gasteiger partial charge on any atom is -0.491 e. The van der Waals surface area contributed by atoms with Crippen LogP contribution in [-0.2, 0) is 4.79 Å². The number of aryl methyl sites for hydroxylation is 2. The van der Waals surface area contributed by atoms with Gasteiger partial charge in [-0.2, -0.15) is 0 Å². The van der Waals surface area contributed by atoms with E-state index in [2.05, 4.69) is 25.8 Å². The van der Waals surface area contributed by atoms with Crippen LogP contribution in [0.1, 0.15) is 38.2 Å². The maximum Gasteiger partial charge on any atom is 0.231 e. The molecule has 7 nitrogen and oxygen atoms in total. The quantitative estimate of drug-likeness (QED) is 0.771. The van der Waals surface area contributed by atoms with Gasteiger partial charge in [0.05, 0.1) is 25.4 Å². The van der Waals surface area contributed by atoms with Crippen molar-refractivity contribution >= 4 is 17.4 Å². The minimum atomic E-state index is 0.119. The molecule has 0 unspecified atom stereocenters. The summed E-state index contributed by atoms with van der Waals surface area (Å²) in [5.74, 6) is 2.71. The number of para-hydroxylation sites is 2.